The van der Waals surface area contributed by atoms with Crippen molar-refractivity contribution in [3.05, 3.63) is 16.1 Å². The summed E-state index contributed by atoms with van der Waals surface area (Å²) in [5.41, 5.74) is 7.39. The summed E-state index contributed by atoms with van der Waals surface area (Å²) < 4.78 is 0. The van der Waals surface area contributed by atoms with Gasteiger partial charge in [0.2, 0.25) is 0 Å². The summed E-state index contributed by atoms with van der Waals surface area (Å²) in [4.78, 5) is 9.77. The molecule has 0 amide bonds. The molecular weight excluding hydrogens is 316 g/mol. The predicted molar refractivity (Wildman–Crippen MR) is 98.0 cm³/mol. The van der Waals surface area contributed by atoms with Crippen LogP contribution >= 0.6 is 23.7 Å². The zero-order valence-electron chi connectivity index (χ0n) is 14.6. The van der Waals surface area contributed by atoms with Gasteiger partial charge in [-0.1, -0.05) is 20.8 Å². The minimum atomic E-state index is -0.0985. The second-order valence-electron chi connectivity index (χ2n) is 7.93. The van der Waals surface area contributed by atoms with E-state index in [4.69, 9.17) is 10.7 Å². The molecule has 4 nitrogen and oxygen atoms in total. The Hall–Kier alpha value is -0.200. The first-order chi connectivity index (χ1) is 9.63. The van der Waals surface area contributed by atoms with Crippen molar-refractivity contribution in [1.82, 2.24) is 14.8 Å². The number of hydrogen-bond donors (Lipinski definition) is 1. The molecule has 1 saturated heterocycles. The Balaban J connectivity index is 0.00000242. The number of aromatic nitrogens is 1. The molecule has 22 heavy (non-hydrogen) atoms. The first-order valence-electron chi connectivity index (χ1n) is 7.82. The van der Waals surface area contributed by atoms with Gasteiger partial charge in [-0.2, -0.15) is 0 Å². The molecule has 6 heteroatoms. The first-order valence-corrected chi connectivity index (χ1v) is 8.70. The average molecular weight is 347 g/mol. The van der Waals surface area contributed by atoms with Crippen LogP contribution in [0.2, 0.25) is 0 Å². The van der Waals surface area contributed by atoms with Crippen LogP contribution in [-0.4, -0.2) is 53.0 Å². The van der Waals surface area contributed by atoms with Crippen molar-refractivity contribution < 1.29 is 0 Å². The molecule has 128 valence electrons. The van der Waals surface area contributed by atoms with Crippen molar-refractivity contribution in [3.8, 4) is 0 Å². The third kappa shape index (κ3) is 6.13. The van der Waals surface area contributed by atoms with Gasteiger partial charge in [-0.05, 0) is 13.8 Å². The van der Waals surface area contributed by atoms with Gasteiger partial charge in [0.1, 0.15) is 0 Å². The van der Waals surface area contributed by atoms with Gasteiger partial charge >= 0.3 is 0 Å². The van der Waals surface area contributed by atoms with Gasteiger partial charge in [-0.15, -0.1) is 23.7 Å². The molecular formula is C16H31ClN4S. The van der Waals surface area contributed by atoms with E-state index in [0.29, 0.717) is 0 Å². The monoisotopic (exact) mass is 346 g/mol. The zero-order chi connectivity index (χ0) is 15.7. The Morgan fingerprint density at radius 2 is 1.64 bits per heavy atom. The maximum atomic E-state index is 6.10. The number of piperazine rings is 1. The molecule has 0 aliphatic carbocycles. The molecule has 0 radical (unpaired) electrons. The number of halogens is 1. The van der Waals surface area contributed by atoms with Crippen molar-refractivity contribution in [2.45, 2.75) is 52.1 Å². The summed E-state index contributed by atoms with van der Waals surface area (Å²) >= 11 is 1.79. The van der Waals surface area contributed by atoms with Crippen LogP contribution in [0.25, 0.3) is 0 Å². The third-order valence-electron chi connectivity index (χ3n) is 3.67. The zero-order valence-corrected chi connectivity index (χ0v) is 16.2. The summed E-state index contributed by atoms with van der Waals surface area (Å²) in [7, 11) is 0. The van der Waals surface area contributed by atoms with Crippen LogP contribution in [-0.2, 0) is 12.0 Å². The third-order valence-corrected chi connectivity index (χ3v) is 4.99. The minimum Gasteiger partial charge on any atom is -0.324 e. The maximum absolute atomic E-state index is 6.10. The lowest BCUT2D eigenvalue weighted by Crippen LogP contribution is -2.52. The van der Waals surface area contributed by atoms with E-state index in [1.54, 1.807) is 11.3 Å². The fourth-order valence-electron chi connectivity index (χ4n) is 2.64. The van der Waals surface area contributed by atoms with Gasteiger partial charge in [-0.25, -0.2) is 4.98 Å². The van der Waals surface area contributed by atoms with Crippen molar-refractivity contribution >= 4 is 23.7 Å². The Morgan fingerprint density at radius 3 is 2.09 bits per heavy atom. The summed E-state index contributed by atoms with van der Waals surface area (Å²) in [5, 5.41) is 3.46. The normalized spacial score (nSPS) is 18.3. The first kappa shape index (κ1) is 19.8. The Bertz CT molecular complexity index is 453. The van der Waals surface area contributed by atoms with Crippen molar-refractivity contribution in [2.75, 3.05) is 32.7 Å². The Labute approximate surface area is 145 Å². The number of hydrogen-bond acceptors (Lipinski definition) is 5. The van der Waals surface area contributed by atoms with E-state index in [9.17, 15) is 0 Å². The average Bonchev–Trinajstić information content (AvgIpc) is 2.78. The van der Waals surface area contributed by atoms with Gasteiger partial charge in [0.05, 0.1) is 10.7 Å². The molecule has 1 aromatic heterocycles. The molecule has 0 saturated carbocycles. The molecule has 1 aromatic rings. The molecule has 1 fully saturated rings. The van der Waals surface area contributed by atoms with Crippen LogP contribution in [0.15, 0.2) is 5.38 Å². The molecule has 1 aliphatic heterocycles. The van der Waals surface area contributed by atoms with E-state index in [-0.39, 0.29) is 23.4 Å². The van der Waals surface area contributed by atoms with Gasteiger partial charge in [0, 0.05) is 55.6 Å². The lowest BCUT2D eigenvalue weighted by molar-refractivity contribution is 0.111. The second-order valence-corrected chi connectivity index (χ2v) is 8.79. The fraction of sp³-hybridized carbons (Fsp3) is 0.812. The van der Waals surface area contributed by atoms with Crippen LogP contribution in [0.4, 0.5) is 0 Å². The van der Waals surface area contributed by atoms with E-state index >= 15 is 0 Å². The smallest absolute Gasteiger partial charge is 0.0982 e. The Kier molecular flexibility index (Phi) is 6.84. The maximum Gasteiger partial charge on any atom is 0.0982 e. The van der Waals surface area contributed by atoms with Crippen molar-refractivity contribution in [3.63, 3.8) is 0 Å². The highest BCUT2D eigenvalue weighted by molar-refractivity contribution is 7.09. The predicted octanol–water partition coefficient (Wildman–Crippen LogP) is 2.72. The Morgan fingerprint density at radius 1 is 1.09 bits per heavy atom. The highest BCUT2D eigenvalue weighted by Crippen LogP contribution is 2.26. The molecule has 2 rings (SSSR count). The molecule has 0 spiro atoms. The number of thiazole rings is 1. The summed E-state index contributed by atoms with van der Waals surface area (Å²) in [6.45, 7) is 17.3. The second kappa shape index (κ2) is 7.58. The molecule has 0 unspecified atom stereocenters. The summed E-state index contributed by atoms with van der Waals surface area (Å²) in [6, 6.07) is 0. The molecule has 0 atom stereocenters. The van der Waals surface area contributed by atoms with Crippen LogP contribution in [0.1, 0.15) is 45.3 Å². The number of nitrogens with two attached hydrogens (primary N) is 1. The molecule has 0 bridgehead atoms. The summed E-state index contributed by atoms with van der Waals surface area (Å²) in [5.74, 6) is 0. The van der Waals surface area contributed by atoms with Crippen LogP contribution in [0.3, 0.4) is 0 Å². The standard InChI is InChI=1S/C16H30N4S.ClH/c1-15(2,3)14-18-13(11-21-14)10-19-6-8-20(9-7-19)12-16(4,5)17;/h11H,6-10,12,17H2,1-5H3;1H. The number of nitrogens with zero attached hydrogens (tertiary/aromatic N) is 3. The van der Waals surface area contributed by atoms with Crippen molar-refractivity contribution in [1.29, 1.82) is 0 Å². The van der Waals surface area contributed by atoms with E-state index in [0.717, 1.165) is 39.3 Å². The lowest BCUT2D eigenvalue weighted by atomic mass is 9.98. The van der Waals surface area contributed by atoms with Gasteiger partial charge < -0.3 is 5.73 Å². The minimum absolute atomic E-state index is 0. The summed E-state index contributed by atoms with van der Waals surface area (Å²) in [6.07, 6.45) is 0. The molecule has 2 heterocycles. The van der Waals surface area contributed by atoms with Crippen LogP contribution < -0.4 is 5.73 Å². The topological polar surface area (TPSA) is 45.4 Å². The highest BCUT2D eigenvalue weighted by atomic mass is 35.5. The molecule has 0 aromatic carbocycles. The van der Waals surface area contributed by atoms with E-state index in [1.165, 1.54) is 10.7 Å². The SMILES string of the molecule is CC(C)(N)CN1CCN(Cc2csc(C(C)(C)C)n2)CC1.Cl. The van der Waals surface area contributed by atoms with E-state index < -0.39 is 0 Å². The van der Waals surface area contributed by atoms with E-state index in [2.05, 4.69) is 49.8 Å². The van der Waals surface area contributed by atoms with Gasteiger partial charge in [-0.3, -0.25) is 9.80 Å². The van der Waals surface area contributed by atoms with E-state index in [1.807, 2.05) is 0 Å². The van der Waals surface area contributed by atoms with Crippen molar-refractivity contribution in [2.24, 2.45) is 5.73 Å². The van der Waals surface area contributed by atoms with Crippen LogP contribution in [0.5, 0.6) is 0 Å². The van der Waals surface area contributed by atoms with Gasteiger partial charge in [0.15, 0.2) is 0 Å². The highest BCUT2D eigenvalue weighted by Gasteiger charge is 2.23. The lowest BCUT2D eigenvalue weighted by Gasteiger charge is -2.37. The van der Waals surface area contributed by atoms with Gasteiger partial charge in [0.25, 0.3) is 0 Å². The fourth-order valence-corrected chi connectivity index (χ4v) is 3.53. The largest absolute Gasteiger partial charge is 0.324 e. The quantitative estimate of drug-likeness (QED) is 0.910. The molecule has 2 N–H and O–H groups in total. The van der Waals surface area contributed by atoms with Crippen LogP contribution in [0, 0.1) is 0 Å². The molecule has 1 aliphatic rings. The number of rotatable bonds is 4.